The number of rotatable bonds is 5. The Bertz CT molecular complexity index is 736. The number of hydrogen-bond donors (Lipinski definition) is 1. The van der Waals surface area contributed by atoms with Crippen LogP contribution < -0.4 is 5.32 Å². The molecule has 0 saturated heterocycles. The monoisotopic (exact) mass is 393 g/mol. The Labute approximate surface area is 163 Å². The van der Waals surface area contributed by atoms with Gasteiger partial charge in [0.1, 0.15) is 5.82 Å². The van der Waals surface area contributed by atoms with Crippen LogP contribution in [0.25, 0.3) is 0 Å². The molecule has 5 rings (SSSR count). The van der Waals surface area contributed by atoms with E-state index in [1.54, 1.807) is 12.1 Å². The van der Waals surface area contributed by atoms with E-state index in [0.29, 0.717) is 18.3 Å². The number of halogens is 2. The van der Waals surface area contributed by atoms with Gasteiger partial charge in [-0.3, -0.25) is 9.59 Å². The van der Waals surface area contributed by atoms with Crippen molar-refractivity contribution in [3.05, 3.63) is 35.6 Å². The molecule has 1 aromatic rings. The molecule has 4 nitrogen and oxygen atoms in total. The Morgan fingerprint density at radius 1 is 1.22 bits per heavy atom. The first kappa shape index (κ1) is 18.7. The van der Waals surface area contributed by atoms with Crippen molar-refractivity contribution >= 4 is 23.5 Å². The van der Waals surface area contributed by atoms with Crippen LogP contribution in [-0.4, -0.2) is 23.4 Å². The number of carbonyl (C=O) groups is 2. The first-order valence-electron chi connectivity index (χ1n) is 9.68. The summed E-state index contributed by atoms with van der Waals surface area (Å²) in [5.41, 5.74) is 0.288. The first-order chi connectivity index (χ1) is 12.8. The second kappa shape index (κ2) is 6.77. The van der Waals surface area contributed by atoms with Crippen LogP contribution in [0.2, 0.25) is 0 Å². The lowest BCUT2D eigenvalue weighted by Gasteiger charge is -2.58. The molecule has 27 heavy (non-hydrogen) atoms. The fourth-order valence-corrected chi connectivity index (χ4v) is 6.48. The topological polar surface area (TPSA) is 55.4 Å². The summed E-state index contributed by atoms with van der Waals surface area (Å²) < 4.78 is 18.4. The van der Waals surface area contributed by atoms with Crippen molar-refractivity contribution < 1.29 is 18.7 Å². The number of hydrogen-bond acceptors (Lipinski definition) is 3. The second-order valence-corrected chi connectivity index (χ2v) is 9.61. The molecule has 146 valence electrons. The molecule has 4 bridgehead atoms. The highest BCUT2D eigenvalue weighted by Gasteiger charge is 2.60. The predicted octanol–water partition coefficient (Wildman–Crippen LogP) is 4.12. The van der Waals surface area contributed by atoms with Crippen molar-refractivity contribution in [3.63, 3.8) is 0 Å². The van der Waals surface area contributed by atoms with Crippen molar-refractivity contribution in [2.75, 3.05) is 6.61 Å². The molecule has 6 heteroatoms. The number of carbonyl (C=O) groups excluding carboxylic acids is 2. The van der Waals surface area contributed by atoms with E-state index in [1.807, 2.05) is 6.92 Å². The summed E-state index contributed by atoms with van der Waals surface area (Å²) in [4.78, 5) is 24.8. The van der Waals surface area contributed by atoms with Gasteiger partial charge in [-0.15, -0.1) is 11.6 Å². The molecule has 2 unspecified atom stereocenters. The van der Waals surface area contributed by atoms with E-state index in [9.17, 15) is 14.0 Å². The van der Waals surface area contributed by atoms with Crippen LogP contribution >= 0.6 is 11.6 Å². The van der Waals surface area contributed by atoms with Gasteiger partial charge in [-0.25, -0.2) is 4.39 Å². The molecule has 1 N–H and O–H groups in total. The van der Waals surface area contributed by atoms with Crippen LogP contribution in [0.5, 0.6) is 0 Å². The van der Waals surface area contributed by atoms with E-state index in [-0.39, 0.29) is 35.2 Å². The molecule has 4 fully saturated rings. The minimum atomic E-state index is -0.505. The molecule has 0 spiro atoms. The van der Waals surface area contributed by atoms with Gasteiger partial charge in [0.05, 0.1) is 11.5 Å². The van der Waals surface area contributed by atoms with Crippen LogP contribution in [0.15, 0.2) is 24.3 Å². The Morgan fingerprint density at radius 2 is 1.85 bits per heavy atom. The Hall–Kier alpha value is -1.62. The number of amides is 1. The zero-order valence-corrected chi connectivity index (χ0v) is 16.2. The van der Waals surface area contributed by atoms with Crippen LogP contribution in [0.1, 0.15) is 57.1 Å². The second-order valence-electron chi connectivity index (χ2n) is 8.81. The minimum Gasteiger partial charge on any atom is -0.455 e. The third-order valence-electron chi connectivity index (χ3n) is 6.50. The zero-order chi connectivity index (χ0) is 19.2. The summed E-state index contributed by atoms with van der Waals surface area (Å²) in [5, 5.41) is 2.79. The Kier molecular flexibility index (Phi) is 4.69. The number of benzene rings is 1. The molecule has 0 heterocycles. The summed E-state index contributed by atoms with van der Waals surface area (Å²) in [5.74, 6) is 0.0581. The SMILES string of the molecule is C[C@H](NC(=O)COC(=O)C12C[C@@H]3C[C@@H](CC(Cl)(C3)C1)C2)c1ccc(F)cc1. The Morgan fingerprint density at radius 3 is 2.44 bits per heavy atom. The van der Waals surface area contributed by atoms with Gasteiger partial charge in [-0.1, -0.05) is 12.1 Å². The van der Waals surface area contributed by atoms with Crippen LogP contribution in [0.4, 0.5) is 4.39 Å². The van der Waals surface area contributed by atoms with Crippen LogP contribution in [-0.2, 0) is 14.3 Å². The molecule has 4 saturated carbocycles. The molecule has 5 atom stereocenters. The number of esters is 1. The quantitative estimate of drug-likeness (QED) is 0.604. The van der Waals surface area contributed by atoms with Crippen LogP contribution in [0.3, 0.4) is 0 Å². The Balaban J connectivity index is 1.33. The fraction of sp³-hybridized carbons (Fsp3) is 0.619. The molecule has 4 aliphatic rings. The summed E-state index contributed by atoms with van der Waals surface area (Å²) in [6.07, 6.45) is 5.50. The number of ether oxygens (including phenoxy) is 1. The maximum absolute atomic E-state index is 13.0. The molecule has 0 aromatic heterocycles. The minimum absolute atomic E-state index is 0.261. The van der Waals surface area contributed by atoms with E-state index >= 15 is 0 Å². The van der Waals surface area contributed by atoms with Crippen molar-refractivity contribution in [1.82, 2.24) is 5.32 Å². The molecule has 1 aromatic carbocycles. The average Bonchev–Trinajstić information content (AvgIpc) is 2.58. The molecule has 1 amide bonds. The third kappa shape index (κ3) is 3.71. The molecular weight excluding hydrogens is 369 g/mol. The van der Waals surface area contributed by atoms with Crippen molar-refractivity contribution in [2.45, 2.75) is 56.4 Å². The van der Waals surface area contributed by atoms with Gasteiger partial charge < -0.3 is 10.1 Å². The maximum Gasteiger partial charge on any atom is 0.312 e. The highest BCUT2D eigenvalue weighted by atomic mass is 35.5. The summed E-state index contributed by atoms with van der Waals surface area (Å²) in [6.45, 7) is 1.51. The number of alkyl halides is 1. The first-order valence-corrected chi connectivity index (χ1v) is 10.1. The van der Waals surface area contributed by atoms with E-state index < -0.39 is 5.41 Å². The van der Waals surface area contributed by atoms with E-state index in [1.165, 1.54) is 18.6 Å². The largest absolute Gasteiger partial charge is 0.455 e. The summed E-state index contributed by atoms with van der Waals surface area (Å²) in [7, 11) is 0. The zero-order valence-electron chi connectivity index (χ0n) is 15.5. The van der Waals surface area contributed by atoms with Crippen LogP contribution in [0, 0.1) is 23.1 Å². The van der Waals surface area contributed by atoms with Gasteiger partial charge >= 0.3 is 5.97 Å². The van der Waals surface area contributed by atoms with Gasteiger partial charge in [-0.05, 0) is 75.0 Å². The molecule has 0 radical (unpaired) electrons. The lowest BCUT2D eigenvalue weighted by Crippen LogP contribution is -2.56. The van der Waals surface area contributed by atoms with Crippen molar-refractivity contribution in [3.8, 4) is 0 Å². The highest BCUT2D eigenvalue weighted by molar-refractivity contribution is 6.24. The smallest absolute Gasteiger partial charge is 0.312 e. The normalized spacial score (nSPS) is 34.9. The lowest BCUT2D eigenvalue weighted by molar-refractivity contribution is -0.171. The van der Waals surface area contributed by atoms with Gasteiger partial charge in [0.25, 0.3) is 5.91 Å². The van der Waals surface area contributed by atoms with Crippen molar-refractivity contribution in [2.24, 2.45) is 17.3 Å². The third-order valence-corrected chi connectivity index (χ3v) is 6.95. The van der Waals surface area contributed by atoms with Crippen molar-refractivity contribution in [1.29, 1.82) is 0 Å². The summed E-state index contributed by atoms with van der Waals surface area (Å²) >= 11 is 6.76. The summed E-state index contributed by atoms with van der Waals surface area (Å²) in [6, 6.07) is 5.67. The van der Waals surface area contributed by atoms with Gasteiger partial charge in [-0.2, -0.15) is 0 Å². The molecular formula is C21H25ClFNO3. The fourth-order valence-electron chi connectivity index (χ4n) is 5.79. The highest BCUT2D eigenvalue weighted by Crippen LogP contribution is 2.64. The van der Waals surface area contributed by atoms with E-state index in [2.05, 4.69) is 5.32 Å². The molecule has 0 aliphatic heterocycles. The maximum atomic E-state index is 13.0. The lowest BCUT2D eigenvalue weighted by atomic mass is 9.49. The molecule has 4 aliphatic carbocycles. The van der Waals surface area contributed by atoms with Gasteiger partial charge in [0.2, 0.25) is 0 Å². The van der Waals surface area contributed by atoms with Gasteiger partial charge in [0, 0.05) is 4.87 Å². The standard InChI is InChI=1S/C21H25ClFNO3/c1-13(16-2-4-17(23)5-3-16)24-18(25)11-27-19(26)20-7-14-6-15(8-20)10-21(22,9-14)12-20/h2-5,13-15H,6-12H2,1H3,(H,24,25)/t13-,14-,15+,20?,21?/m0/s1. The predicted molar refractivity (Wildman–Crippen MR) is 99.6 cm³/mol. The van der Waals surface area contributed by atoms with E-state index in [4.69, 9.17) is 16.3 Å². The average molecular weight is 394 g/mol. The number of nitrogens with one attached hydrogen (secondary N) is 1. The van der Waals surface area contributed by atoms with E-state index in [0.717, 1.165) is 31.2 Å². The van der Waals surface area contributed by atoms with Gasteiger partial charge in [0.15, 0.2) is 6.61 Å².